The third kappa shape index (κ3) is 4.81. The molecular formula is C23H20BrN3O5S. The number of ether oxygens (including phenoxy) is 2. The first-order chi connectivity index (χ1) is 15.9. The van der Waals surface area contributed by atoms with Crippen molar-refractivity contribution in [2.45, 2.75) is 26.5 Å². The number of nitrogens with zero attached hydrogens (tertiary/aromatic N) is 3. The minimum absolute atomic E-state index is 0.0233. The number of non-ortho nitro benzene ring substituents is 1. The maximum absolute atomic E-state index is 12.9. The van der Waals surface area contributed by atoms with Crippen molar-refractivity contribution in [2.24, 2.45) is 4.99 Å². The first-order valence-corrected chi connectivity index (χ1v) is 11.8. The molecule has 0 aliphatic carbocycles. The van der Waals surface area contributed by atoms with Crippen LogP contribution in [0.15, 0.2) is 74.8 Å². The Kier molecular flexibility index (Phi) is 6.85. The lowest BCUT2D eigenvalue weighted by Crippen LogP contribution is -2.34. The normalized spacial score (nSPS) is 17.0. The highest BCUT2D eigenvalue weighted by molar-refractivity contribution is 9.10. The number of nitro benzene ring substituents is 1. The SMILES string of the molecule is CCOC(=O)C1=C(C)N=C2SC=CN2[C@@H]1c1cc(Br)ccc1OCc1ccc([N+](=O)[O-])cc1. The molecule has 33 heavy (non-hydrogen) atoms. The van der Waals surface area contributed by atoms with E-state index in [1.807, 2.05) is 34.7 Å². The van der Waals surface area contributed by atoms with Gasteiger partial charge in [0.05, 0.1) is 28.8 Å². The van der Waals surface area contributed by atoms with Gasteiger partial charge >= 0.3 is 5.97 Å². The molecule has 0 radical (unpaired) electrons. The summed E-state index contributed by atoms with van der Waals surface area (Å²) in [6.45, 7) is 4.04. The van der Waals surface area contributed by atoms with Gasteiger partial charge < -0.3 is 14.4 Å². The fourth-order valence-electron chi connectivity index (χ4n) is 3.62. The molecule has 2 heterocycles. The van der Waals surface area contributed by atoms with Crippen molar-refractivity contribution >= 4 is 44.5 Å². The number of carbonyl (C=O) groups is 1. The van der Waals surface area contributed by atoms with Crippen LogP contribution in [0.2, 0.25) is 0 Å². The van der Waals surface area contributed by atoms with Crippen LogP contribution in [0.4, 0.5) is 5.69 Å². The highest BCUT2D eigenvalue weighted by atomic mass is 79.9. The summed E-state index contributed by atoms with van der Waals surface area (Å²) in [5.41, 5.74) is 2.63. The predicted molar refractivity (Wildman–Crippen MR) is 130 cm³/mol. The zero-order valence-electron chi connectivity index (χ0n) is 17.9. The number of halogens is 1. The van der Waals surface area contributed by atoms with E-state index in [2.05, 4.69) is 20.9 Å². The van der Waals surface area contributed by atoms with Crippen LogP contribution < -0.4 is 4.74 Å². The number of thioether (sulfide) groups is 1. The van der Waals surface area contributed by atoms with Crippen molar-refractivity contribution in [3.63, 3.8) is 0 Å². The van der Waals surface area contributed by atoms with Crippen molar-refractivity contribution < 1.29 is 19.2 Å². The van der Waals surface area contributed by atoms with Gasteiger partial charge in [-0.25, -0.2) is 9.79 Å². The number of amidine groups is 1. The summed E-state index contributed by atoms with van der Waals surface area (Å²) >= 11 is 5.01. The highest BCUT2D eigenvalue weighted by Gasteiger charge is 2.39. The van der Waals surface area contributed by atoms with E-state index in [0.717, 1.165) is 20.8 Å². The zero-order chi connectivity index (χ0) is 23.5. The number of hydrogen-bond donors (Lipinski definition) is 0. The Morgan fingerprint density at radius 2 is 2.03 bits per heavy atom. The zero-order valence-corrected chi connectivity index (χ0v) is 20.3. The summed E-state index contributed by atoms with van der Waals surface area (Å²) in [4.78, 5) is 29.9. The third-order valence-corrected chi connectivity index (χ3v) is 6.39. The number of aliphatic imine (C=N–C) groups is 1. The van der Waals surface area contributed by atoms with E-state index in [4.69, 9.17) is 9.47 Å². The molecule has 2 aliphatic heterocycles. The summed E-state index contributed by atoms with van der Waals surface area (Å²) in [5.74, 6) is 0.164. The van der Waals surface area contributed by atoms with Gasteiger partial charge in [0.15, 0.2) is 5.17 Å². The lowest BCUT2D eigenvalue weighted by Gasteiger charge is -2.34. The van der Waals surface area contributed by atoms with Crippen molar-refractivity contribution in [3.05, 3.63) is 91.1 Å². The molecule has 0 fully saturated rings. The molecule has 0 saturated heterocycles. The van der Waals surface area contributed by atoms with E-state index in [-0.39, 0.29) is 18.9 Å². The average molecular weight is 530 g/mol. The van der Waals surface area contributed by atoms with Crippen LogP contribution in [0.1, 0.15) is 31.0 Å². The molecule has 4 rings (SSSR count). The molecule has 0 aromatic heterocycles. The monoisotopic (exact) mass is 529 g/mol. The first-order valence-electron chi connectivity index (χ1n) is 10.1. The fraction of sp³-hybridized carbons (Fsp3) is 0.217. The summed E-state index contributed by atoms with van der Waals surface area (Å²) < 4.78 is 12.3. The van der Waals surface area contributed by atoms with Gasteiger partial charge in [0.1, 0.15) is 12.4 Å². The molecule has 0 amide bonds. The average Bonchev–Trinajstić information content (AvgIpc) is 3.25. The minimum atomic E-state index is -0.479. The Hall–Kier alpha value is -3.11. The smallest absolute Gasteiger partial charge is 0.338 e. The molecule has 1 atom stereocenters. The number of esters is 1. The van der Waals surface area contributed by atoms with Crippen LogP contribution in [0, 0.1) is 10.1 Å². The molecule has 170 valence electrons. The van der Waals surface area contributed by atoms with Crippen molar-refractivity contribution in [2.75, 3.05) is 6.61 Å². The van der Waals surface area contributed by atoms with E-state index in [0.29, 0.717) is 17.0 Å². The van der Waals surface area contributed by atoms with Gasteiger partial charge in [0.2, 0.25) is 0 Å². The topological polar surface area (TPSA) is 94.3 Å². The molecule has 0 N–H and O–H groups in total. The maximum Gasteiger partial charge on any atom is 0.338 e. The molecule has 2 aliphatic rings. The third-order valence-electron chi connectivity index (χ3n) is 5.12. The van der Waals surface area contributed by atoms with Crippen LogP contribution in [0.25, 0.3) is 0 Å². The summed E-state index contributed by atoms with van der Waals surface area (Å²) in [6, 6.07) is 11.4. The van der Waals surface area contributed by atoms with Gasteiger partial charge in [-0.1, -0.05) is 27.7 Å². The number of hydrogen-bond acceptors (Lipinski definition) is 8. The van der Waals surface area contributed by atoms with Crippen molar-refractivity contribution in [1.82, 2.24) is 4.90 Å². The summed E-state index contributed by atoms with van der Waals surface area (Å²) in [7, 11) is 0. The number of allylic oxidation sites excluding steroid dienone is 1. The number of rotatable bonds is 7. The van der Waals surface area contributed by atoms with Gasteiger partial charge in [-0.05, 0) is 55.2 Å². The molecule has 8 nitrogen and oxygen atoms in total. The Morgan fingerprint density at radius 3 is 2.73 bits per heavy atom. The molecule has 2 aromatic carbocycles. The number of benzene rings is 2. The molecular weight excluding hydrogens is 510 g/mol. The van der Waals surface area contributed by atoms with Crippen LogP contribution in [-0.4, -0.2) is 27.6 Å². The van der Waals surface area contributed by atoms with Crippen LogP contribution in [-0.2, 0) is 16.1 Å². The van der Waals surface area contributed by atoms with Gasteiger partial charge in [-0.3, -0.25) is 10.1 Å². The highest BCUT2D eigenvalue weighted by Crippen LogP contribution is 2.44. The quantitative estimate of drug-likeness (QED) is 0.257. The molecule has 0 saturated carbocycles. The predicted octanol–water partition coefficient (Wildman–Crippen LogP) is 5.70. The van der Waals surface area contributed by atoms with E-state index in [9.17, 15) is 14.9 Å². The summed E-state index contributed by atoms with van der Waals surface area (Å²) in [6.07, 6.45) is 1.89. The Morgan fingerprint density at radius 1 is 1.27 bits per heavy atom. The minimum Gasteiger partial charge on any atom is -0.489 e. The van der Waals surface area contributed by atoms with Crippen LogP contribution in [0.3, 0.4) is 0 Å². The van der Waals surface area contributed by atoms with E-state index >= 15 is 0 Å². The Labute approximate surface area is 203 Å². The fourth-order valence-corrected chi connectivity index (χ4v) is 4.79. The molecule has 2 aromatic rings. The largest absolute Gasteiger partial charge is 0.489 e. The summed E-state index contributed by atoms with van der Waals surface area (Å²) in [5, 5.41) is 13.6. The number of fused-ring (bicyclic) bond motifs is 1. The molecule has 0 spiro atoms. The van der Waals surface area contributed by atoms with E-state index in [1.165, 1.54) is 23.9 Å². The first kappa shape index (κ1) is 23.1. The maximum atomic E-state index is 12.9. The molecule has 10 heteroatoms. The van der Waals surface area contributed by atoms with Gasteiger partial charge in [-0.2, -0.15) is 0 Å². The standard InChI is InChI=1S/C23H20BrN3O5S/c1-3-31-22(28)20-14(2)25-23-26(10-11-33-23)21(20)18-12-16(24)6-9-19(18)32-13-15-4-7-17(8-5-15)27(29)30/h4-12,21H,3,13H2,1-2H3/t21-/m1/s1. The second kappa shape index (κ2) is 9.80. The molecule has 0 bridgehead atoms. The van der Waals surface area contributed by atoms with Crippen molar-refractivity contribution in [1.29, 1.82) is 0 Å². The van der Waals surface area contributed by atoms with Gasteiger partial charge in [-0.15, -0.1) is 0 Å². The lowest BCUT2D eigenvalue weighted by molar-refractivity contribution is -0.384. The van der Waals surface area contributed by atoms with E-state index < -0.39 is 16.9 Å². The number of carbonyl (C=O) groups excluding carboxylic acids is 1. The van der Waals surface area contributed by atoms with Crippen LogP contribution >= 0.6 is 27.7 Å². The van der Waals surface area contributed by atoms with E-state index in [1.54, 1.807) is 26.0 Å². The van der Waals surface area contributed by atoms with Crippen molar-refractivity contribution in [3.8, 4) is 5.75 Å². The second-order valence-electron chi connectivity index (χ2n) is 7.22. The Bertz CT molecular complexity index is 1190. The lowest BCUT2D eigenvalue weighted by atomic mass is 9.94. The Balaban J connectivity index is 1.70. The second-order valence-corrected chi connectivity index (χ2v) is 9.01. The number of nitro groups is 1. The van der Waals surface area contributed by atoms with Gasteiger partial charge in [0.25, 0.3) is 5.69 Å². The van der Waals surface area contributed by atoms with Crippen LogP contribution in [0.5, 0.6) is 5.75 Å². The van der Waals surface area contributed by atoms with Gasteiger partial charge in [0, 0.05) is 28.4 Å². The molecule has 0 unspecified atom stereocenters.